The molecule has 0 aromatic heterocycles. The Kier molecular flexibility index (Phi) is 6.11. The van der Waals surface area contributed by atoms with Crippen molar-refractivity contribution in [2.75, 3.05) is 7.11 Å². The van der Waals surface area contributed by atoms with Crippen LogP contribution in [0.25, 0.3) is 21.9 Å². The van der Waals surface area contributed by atoms with Crippen LogP contribution in [0.4, 0.5) is 0 Å². The molecule has 0 unspecified atom stereocenters. The van der Waals surface area contributed by atoms with E-state index in [0.717, 1.165) is 21.9 Å². The summed E-state index contributed by atoms with van der Waals surface area (Å²) >= 11 is 0. The topological polar surface area (TPSA) is 75.6 Å². The van der Waals surface area contributed by atoms with Crippen LogP contribution in [0.3, 0.4) is 0 Å². The average Bonchev–Trinajstić information content (AvgIpc) is 2.70. The molecule has 5 nitrogen and oxygen atoms in total. The summed E-state index contributed by atoms with van der Waals surface area (Å²) < 4.78 is 4.85. The molecule has 1 atom stereocenters. The van der Waals surface area contributed by atoms with Crippen molar-refractivity contribution in [3.8, 4) is 16.9 Å². The van der Waals surface area contributed by atoms with Crippen molar-refractivity contribution >= 4 is 22.6 Å². The van der Waals surface area contributed by atoms with Gasteiger partial charge in [0.05, 0.1) is 7.11 Å². The quantitative estimate of drug-likeness (QED) is 0.600. The highest BCUT2D eigenvalue weighted by Crippen LogP contribution is 2.40. The molecule has 0 aliphatic carbocycles. The van der Waals surface area contributed by atoms with Gasteiger partial charge in [0.1, 0.15) is 11.8 Å². The minimum atomic E-state index is -0.769. The molecule has 2 N–H and O–H groups in total. The zero-order valence-corrected chi connectivity index (χ0v) is 17.9. The minimum Gasteiger partial charge on any atom is -0.507 e. The van der Waals surface area contributed by atoms with Gasteiger partial charge in [0.25, 0.3) is 5.91 Å². The number of amides is 1. The largest absolute Gasteiger partial charge is 0.507 e. The number of esters is 1. The third kappa shape index (κ3) is 4.01. The Morgan fingerprint density at radius 3 is 2.33 bits per heavy atom. The lowest BCUT2D eigenvalue weighted by molar-refractivity contribution is -0.144. The Bertz CT molecular complexity index is 1090. The van der Waals surface area contributed by atoms with Gasteiger partial charge in [0.15, 0.2) is 0 Å². The number of aryl methyl sites for hydroxylation is 2. The van der Waals surface area contributed by atoms with E-state index >= 15 is 0 Å². The van der Waals surface area contributed by atoms with Crippen LogP contribution in [-0.2, 0) is 9.53 Å². The zero-order chi connectivity index (χ0) is 22.0. The molecule has 0 saturated heterocycles. The summed E-state index contributed by atoms with van der Waals surface area (Å²) in [7, 11) is 1.30. The lowest BCUT2D eigenvalue weighted by atomic mass is 9.89. The first-order valence-corrected chi connectivity index (χ1v) is 9.95. The van der Waals surface area contributed by atoms with E-state index < -0.39 is 12.0 Å². The van der Waals surface area contributed by atoms with Crippen LogP contribution in [0.2, 0.25) is 0 Å². The molecule has 0 fully saturated rings. The van der Waals surface area contributed by atoms with Crippen molar-refractivity contribution < 1.29 is 19.4 Å². The van der Waals surface area contributed by atoms with E-state index in [9.17, 15) is 14.7 Å². The van der Waals surface area contributed by atoms with Crippen molar-refractivity contribution in [3.05, 3.63) is 65.2 Å². The lowest BCUT2D eigenvalue weighted by Gasteiger charge is -2.22. The fraction of sp³-hybridized carbons (Fsp3) is 0.280. The van der Waals surface area contributed by atoms with Crippen LogP contribution in [0, 0.1) is 19.8 Å². The average molecular weight is 405 g/mol. The van der Waals surface area contributed by atoms with E-state index in [1.807, 2.05) is 64.1 Å². The number of ether oxygens (including phenoxy) is 1. The predicted octanol–water partition coefficient (Wildman–Crippen LogP) is 4.76. The summed E-state index contributed by atoms with van der Waals surface area (Å²) in [5.41, 5.74) is 3.46. The first-order chi connectivity index (χ1) is 14.2. The summed E-state index contributed by atoms with van der Waals surface area (Å²) in [6.07, 6.45) is 0. The van der Waals surface area contributed by atoms with Crippen LogP contribution in [-0.4, -0.2) is 30.1 Å². The lowest BCUT2D eigenvalue weighted by Crippen LogP contribution is -2.45. The van der Waals surface area contributed by atoms with E-state index in [2.05, 4.69) is 5.32 Å². The highest BCUT2D eigenvalue weighted by molar-refractivity contribution is 6.11. The third-order valence-electron chi connectivity index (χ3n) is 5.29. The molecular weight excluding hydrogens is 378 g/mol. The Morgan fingerprint density at radius 1 is 1.00 bits per heavy atom. The summed E-state index contributed by atoms with van der Waals surface area (Å²) in [6.45, 7) is 7.52. The second-order valence-electron chi connectivity index (χ2n) is 7.90. The SMILES string of the molecule is COC(=O)[C@@H](NC(=O)c1ccc2ccccc2c1-c1c(C)cc(C)cc1O)C(C)C. The first-order valence-electron chi connectivity index (χ1n) is 9.95. The number of phenolic OH excluding ortho intramolecular Hbond substituents is 1. The number of fused-ring (bicyclic) bond motifs is 1. The Balaban J connectivity index is 2.23. The summed E-state index contributed by atoms with van der Waals surface area (Å²) in [5, 5.41) is 15.4. The van der Waals surface area contributed by atoms with Gasteiger partial charge in [-0.2, -0.15) is 0 Å². The molecule has 0 saturated carbocycles. The number of hydrogen-bond acceptors (Lipinski definition) is 4. The fourth-order valence-corrected chi connectivity index (χ4v) is 3.84. The second kappa shape index (κ2) is 8.57. The normalized spacial score (nSPS) is 12.1. The Labute approximate surface area is 176 Å². The number of carbonyl (C=O) groups excluding carboxylic acids is 2. The van der Waals surface area contributed by atoms with Gasteiger partial charge in [-0.15, -0.1) is 0 Å². The van der Waals surface area contributed by atoms with Gasteiger partial charge in [-0.05, 0) is 53.8 Å². The molecule has 30 heavy (non-hydrogen) atoms. The van der Waals surface area contributed by atoms with Crippen molar-refractivity contribution in [2.24, 2.45) is 5.92 Å². The van der Waals surface area contributed by atoms with E-state index in [1.165, 1.54) is 7.11 Å². The molecule has 0 heterocycles. The maximum Gasteiger partial charge on any atom is 0.328 e. The molecule has 156 valence electrons. The summed E-state index contributed by atoms with van der Waals surface area (Å²) in [4.78, 5) is 25.5. The van der Waals surface area contributed by atoms with Gasteiger partial charge < -0.3 is 15.2 Å². The van der Waals surface area contributed by atoms with Crippen LogP contribution in [0.5, 0.6) is 5.75 Å². The molecule has 1 amide bonds. The van der Waals surface area contributed by atoms with Gasteiger partial charge in [0.2, 0.25) is 0 Å². The smallest absolute Gasteiger partial charge is 0.328 e. The van der Waals surface area contributed by atoms with Gasteiger partial charge in [-0.1, -0.05) is 50.2 Å². The van der Waals surface area contributed by atoms with Gasteiger partial charge in [0, 0.05) is 16.7 Å². The van der Waals surface area contributed by atoms with Crippen LogP contribution >= 0.6 is 0 Å². The standard InChI is InChI=1S/C25H27NO4/c1-14(2)23(25(29)30-5)26-24(28)19-11-10-17-8-6-7-9-18(17)22(19)21-16(4)12-15(3)13-20(21)27/h6-14,23,27H,1-5H3,(H,26,28)/t23-/m0/s1. The molecule has 0 aliphatic heterocycles. The summed E-state index contributed by atoms with van der Waals surface area (Å²) in [6, 6.07) is 14.2. The molecule has 3 aromatic carbocycles. The van der Waals surface area contributed by atoms with Crippen LogP contribution in [0.1, 0.15) is 35.3 Å². The third-order valence-corrected chi connectivity index (χ3v) is 5.29. The number of hydrogen-bond donors (Lipinski definition) is 2. The van der Waals surface area contributed by atoms with Crippen molar-refractivity contribution in [3.63, 3.8) is 0 Å². The van der Waals surface area contributed by atoms with E-state index in [1.54, 1.807) is 12.1 Å². The van der Waals surface area contributed by atoms with Gasteiger partial charge >= 0.3 is 5.97 Å². The maximum atomic E-state index is 13.3. The molecule has 0 bridgehead atoms. The van der Waals surface area contributed by atoms with E-state index in [4.69, 9.17) is 4.74 Å². The fourth-order valence-electron chi connectivity index (χ4n) is 3.84. The van der Waals surface area contributed by atoms with Gasteiger partial charge in [-0.25, -0.2) is 4.79 Å². The molecule has 0 radical (unpaired) electrons. The zero-order valence-electron chi connectivity index (χ0n) is 17.9. The van der Waals surface area contributed by atoms with Crippen LogP contribution in [0.15, 0.2) is 48.5 Å². The first kappa shape index (κ1) is 21.4. The minimum absolute atomic E-state index is 0.117. The van der Waals surface area contributed by atoms with Crippen molar-refractivity contribution in [2.45, 2.75) is 33.7 Å². The molecule has 5 heteroatoms. The summed E-state index contributed by atoms with van der Waals surface area (Å²) in [5.74, 6) is -0.902. The van der Waals surface area contributed by atoms with E-state index in [-0.39, 0.29) is 17.6 Å². The van der Waals surface area contributed by atoms with Crippen LogP contribution < -0.4 is 5.32 Å². The van der Waals surface area contributed by atoms with Crippen molar-refractivity contribution in [1.29, 1.82) is 0 Å². The number of benzene rings is 3. The number of phenols is 1. The number of aromatic hydroxyl groups is 1. The highest BCUT2D eigenvalue weighted by atomic mass is 16.5. The van der Waals surface area contributed by atoms with Gasteiger partial charge in [-0.3, -0.25) is 4.79 Å². The molecule has 3 rings (SSSR count). The molecular formula is C25H27NO4. The number of nitrogens with one attached hydrogen (secondary N) is 1. The highest BCUT2D eigenvalue weighted by Gasteiger charge is 2.27. The number of carbonyl (C=O) groups is 2. The Morgan fingerprint density at radius 2 is 1.70 bits per heavy atom. The monoisotopic (exact) mass is 405 g/mol. The predicted molar refractivity (Wildman–Crippen MR) is 119 cm³/mol. The molecule has 0 spiro atoms. The molecule has 0 aliphatic rings. The number of rotatable bonds is 5. The molecule has 3 aromatic rings. The van der Waals surface area contributed by atoms with Crippen molar-refractivity contribution in [1.82, 2.24) is 5.32 Å². The number of methoxy groups -OCH3 is 1. The Hall–Kier alpha value is -3.34. The second-order valence-corrected chi connectivity index (χ2v) is 7.90. The maximum absolute atomic E-state index is 13.3. The van der Waals surface area contributed by atoms with E-state index in [0.29, 0.717) is 16.7 Å².